The third-order valence-electron chi connectivity index (χ3n) is 2.11. The van der Waals surface area contributed by atoms with Crippen LogP contribution in [0.5, 0.6) is 0 Å². The fourth-order valence-corrected chi connectivity index (χ4v) is 1.83. The Labute approximate surface area is 99.1 Å². The van der Waals surface area contributed by atoms with E-state index in [9.17, 15) is 5.11 Å². The quantitative estimate of drug-likeness (QED) is 0.867. The van der Waals surface area contributed by atoms with Crippen molar-refractivity contribution in [1.82, 2.24) is 4.98 Å². The van der Waals surface area contributed by atoms with Crippen LogP contribution in [0, 0.1) is 5.92 Å². The van der Waals surface area contributed by atoms with Gasteiger partial charge in [-0.1, -0.05) is 13.8 Å². The van der Waals surface area contributed by atoms with Crippen LogP contribution in [0.3, 0.4) is 0 Å². The average Bonchev–Trinajstić information content (AvgIpc) is 2.19. The monoisotopic (exact) mass is 272 g/mol. The first-order valence-electron chi connectivity index (χ1n) is 5.10. The van der Waals surface area contributed by atoms with Crippen molar-refractivity contribution in [2.75, 3.05) is 11.9 Å². The zero-order chi connectivity index (χ0) is 11.3. The second kappa shape index (κ2) is 6.08. The molecule has 0 amide bonds. The lowest BCUT2D eigenvalue weighted by molar-refractivity contribution is 0.259. The molecule has 0 radical (unpaired) electrons. The first-order valence-corrected chi connectivity index (χ1v) is 5.89. The number of pyridine rings is 1. The van der Waals surface area contributed by atoms with Gasteiger partial charge in [0.25, 0.3) is 0 Å². The van der Waals surface area contributed by atoms with E-state index in [1.54, 1.807) is 12.4 Å². The van der Waals surface area contributed by atoms with E-state index in [0.717, 1.165) is 16.6 Å². The second-order valence-corrected chi connectivity index (χ2v) is 4.86. The normalized spacial score (nSPS) is 12.9. The van der Waals surface area contributed by atoms with Crippen LogP contribution in [0.25, 0.3) is 0 Å². The van der Waals surface area contributed by atoms with Gasteiger partial charge in [0.2, 0.25) is 0 Å². The topological polar surface area (TPSA) is 45.1 Å². The Morgan fingerprint density at radius 3 is 2.80 bits per heavy atom. The van der Waals surface area contributed by atoms with Crippen molar-refractivity contribution in [1.29, 1.82) is 0 Å². The lowest BCUT2D eigenvalue weighted by Gasteiger charge is -2.20. The number of anilines is 1. The minimum absolute atomic E-state index is 0.101. The SMILES string of the molecule is CC(C)CC(CO)Nc1ccncc1Br. The largest absolute Gasteiger partial charge is 0.394 e. The van der Waals surface area contributed by atoms with Gasteiger partial charge in [-0.2, -0.15) is 0 Å². The Morgan fingerprint density at radius 1 is 1.53 bits per heavy atom. The van der Waals surface area contributed by atoms with Gasteiger partial charge in [-0.15, -0.1) is 0 Å². The molecule has 1 atom stereocenters. The number of halogens is 1. The zero-order valence-corrected chi connectivity index (χ0v) is 10.7. The molecule has 0 fully saturated rings. The van der Waals surface area contributed by atoms with E-state index in [-0.39, 0.29) is 12.6 Å². The number of hydrogen-bond donors (Lipinski definition) is 2. The van der Waals surface area contributed by atoms with E-state index < -0.39 is 0 Å². The highest BCUT2D eigenvalue weighted by molar-refractivity contribution is 9.10. The molecule has 1 unspecified atom stereocenters. The van der Waals surface area contributed by atoms with Crippen LogP contribution in [-0.4, -0.2) is 22.7 Å². The van der Waals surface area contributed by atoms with Gasteiger partial charge in [-0.3, -0.25) is 4.98 Å². The van der Waals surface area contributed by atoms with E-state index in [4.69, 9.17) is 0 Å². The molecular formula is C11H17BrN2O. The molecular weight excluding hydrogens is 256 g/mol. The summed E-state index contributed by atoms with van der Waals surface area (Å²) in [6, 6.07) is 2.00. The minimum atomic E-state index is 0.101. The molecule has 0 saturated heterocycles. The van der Waals surface area contributed by atoms with Crippen molar-refractivity contribution in [3.05, 3.63) is 22.9 Å². The number of nitrogens with one attached hydrogen (secondary N) is 1. The summed E-state index contributed by atoms with van der Waals surface area (Å²) in [5, 5.41) is 12.5. The van der Waals surface area contributed by atoms with Crippen LogP contribution in [0.15, 0.2) is 22.9 Å². The molecule has 0 bridgehead atoms. The summed E-state index contributed by atoms with van der Waals surface area (Å²) in [7, 11) is 0. The molecule has 2 N–H and O–H groups in total. The Morgan fingerprint density at radius 2 is 2.27 bits per heavy atom. The summed E-state index contributed by atoms with van der Waals surface area (Å²) in [4.78, 5) is 3.99. The predicted octanol–water partition coefficient (Wildman–Crippen LogP) is 2.66. The minimum Gasteiger partial charge on any atom is -0.394 e. The summed E-state index contributed by atoms with van der Waals surface area (Å²) in [5.41, 5.74) is 0.977. The van der Waals surface area contributed by atoms with Crippen molar-refractivity contribution >= 4 is 21.6 Å². The Kier molecular flexibility index (Phi) is 5.05. The van der Waals surface area contributed by atoms with Crippen LogP contribution < -0.4 is 5.32 Å². The molecule has 3 nitrogen and oxygen atoms in total. The standard InChI is InChI=1S/C11H17BrN2O/c1-8(2)5-9(7-15)14-11-3-4-13-6-10(11)12/h3-4,6,8-9,15H,5,7H2,1-2H3,(H,13,14). The van der Waals surface area contributed by atoms with Crippen molar-refractivity contribution in [3.63, 3.8) is 0 Å². The van der Waals surface area contributed by atoms with E-state index >= 15 is 0 Å². The third-order valence-corrected chi connectivity index (χ3v) is 2.74. The van der Waals surface area contributed by atoms with E-state index in [0.29, 0.717) is 5.92 Å². The molecule has 1 heterocycles. The third kappa shape index (κ3) is 4.18. The van der Waals surface area contributed by atoms with Crippen LogP contribution >= 0.6 is 15.9 Å². The maximum atomic E-state index is 9.23. The first-order chi connectivity index (χ1) is 7.13. The van der Waals surface area contributed by atoms with Gasteiger partial charge in [-0.05, 0) is 34.3 Å². The average molecular weight is 273 g/mol. The summed E-state index contributed by atoms with van der Waals surface area (Å²) in [6.07, 6.45) is 4.42. The van der Waals surface area contributed by atoms with Gasteiger partial charge in [0, 0.05) is 18.4 Å². The lowest BCUT2D eigenvalue weighted by atomic mass is 10.0. The van der Waals surface area contributed by atoms with Gasteiger partial charge in [-0.25, -0.2) is 0 Å². The number of aliphatic hydroxyl groups excluding tert-OH is 1. The van der Waals surface area contributed by atoms with Crippen molar-refractivity contribution in [3.8, 4) is 0 Å². The number of aromatic nitrogens is 1. The Balaban J connectivity index is 2.62. The molecule has 0 saturated carbocycles. The van der Waals surface area contributed by atoms with E-state index in [1.807, 2.05) is 6.07 Å². The fourth-order valence-electron chi connectivity index (χ4n) is 1.46. The molecule has 15 heavy (non-hydrogen) atoms. The van der Waals surface area contributed by atoms with Crippen LogP contribution in [0.1, 0.15) is 20.3 Å². The molecule has 1 aromatic rings. The predicted molar refractivity (Wildman–Crippen MR) is 65.9 cm³/mol. The molecule has 0 aliphatic carbocycles. The number of rotatable bonds is 5. The van der Waals surface area contributed by atoms with Gasteiger partial charge in [0.15, 0.2) is 0 Å². The molecule has 1 aromatic heterocycles. The van der Waals surface area contributed by atoms with E-state index in [2.05, 4.69) is 40.1 Å². The molecule has 1 rings (SSSR count). The summed E-state index contributed by atoms with van der Waals surface area (Å²) in [6.45, 7) is 4.44. The molecule has 0 aromatic carbocycles. The van der Waals surface area contributed by atoms with Crippen molar-refractivity contribution < 1.29 is 5.11 Å². The Hall–Kier alpha value is -0.610. The van der Waals surface area contributed by atoms with Gasteiger partial charge in [0.1, 0.15) is 0 Å². The van der Waals surface area contributed by atoms with Gasteiger partial charge >= 0.3 is 0 Å². The highest BCUT2D eigenvalue weighted by Crippen LogP contribution is 2.22. The molecule has 0 aliphatic rings. The van der Waals surface area contributed by atoms with Crippen LogP contribution in [0.4, 0.5) is 5.69 Å². The summed E-state index contributed by atoms with van der Waals surface area (Å²) < 4.78 is 0.923. The smallest absolute Gasteiger partial charge is 0.0632 e. The zero-order valence-electron chi connectivity index (χ0n) is 9.07. The number of aliphatic hydroxyl groups is 1. The highest BCUT2D eigenvalue weighted by atomic mass is 79.9. The van der Waals surface area contributed by atoms with Crippen LogP contribution in [-0.2, 0) is 0 Å². The Bertz CT molecular complexity index is 304. The lowest BCUT2D eigenvalue weighted by Crippen LogP contribution is -2.25. The van der Waals surface area contributed by atoms with Crippen molar-refractivity contribution in [2.45, 2.75) is 26.3 Å². The number of hydrogen-bond acceptors (Lipinski definition) is 3. The molecule has 0 aliphatic heterocycles. The molecule has 0 spiro atoms. The second-order valence-electron chi connectivity index (χ2n) is 4.01. The maximum Gasteiger partial charge on any atom is 0.0632 e. The van der Waals surface area contributed by atoms with Gasteiger partial charge in [0.05, 0.1) is 16.8 Å². The van der Waals surface area contributed by atoms with Crippen molar-refractivity contribution in [2.24, 2.45) is 5.92 Å². The van der Waals surface area contributed by atoms with E-state index in [1.165, 1.54) is 0 Å². The highest BCUT2D eigenvalue weighted by Gasteiger charge is 2.10. The fraction of sp³-hybridized carbons (Fsp3) is 0.545. The summed E-state index contributed by atoms with van der Waals surface area (Å²) >= 11 is 3.41. The molecule has 84 valence electrons. The van der Waals surface area contributed by atoms with Gasteiger partial charge < -0.3 is 10.4 Å². The molecule has 4 heteroatoms. The number of nitrogens with zero attached hydrogens (tertiary/aromatic N) is 1. The van der Waals surface area contributed by atoms with Crippen LogP contribution in [0.2, 0.25) is 0 Å². The summed E-state index contributed by atoms with van der Waals surface area (Å²) in [5.74, 6) is 0.565. The maximum absolute atomic E-state index is 9.23. The first kappa shape index (κ1) is 12.5.